The second kappa shape index (κ2) is 12.7. The third-order valence-corrected chi connectivity index (χ3v) is 9.32. The zero-order valence-electron chi connectivity index (χ0n) is 25.0. The van der Waals surface area contributed by atoms with Gasteiger partial charge in [-0.1, -0.05) is 42.5 Å². The van der Waals surface area contributed by atoms with Gasteiger partial charge in [-0.25, -0.2) is 4.39 Å². The number of anilines is 1. The van der Waals surface area contributed by atoms with Crippen molar-refractivity contribution in [2.24, 2.45) is 0 Å². The standard InChI is InChI=1S/C35H39FN4O4/c36-29-22-27-30-25(21-28(32(27)41)35(42)38-10-5-14-40-16-18-43-19-17-40)20-24-9-8-23-6-1-2-7-26(23)33(24)44-34(30)31(29)37-11-15-39-12-3-4-13-39/h1-2,6-9,21-22,25,37H,3-5,10-20H2,(H,38,42). The van der Waals surface area contributed by atoms with Crippen molar-refractivity contribution >= 4 is 28.2 Å². The number of Topliss-reactive ketones (excluding diaryl/α,β-unsaturated/α-hetero) is 1. The van der Waals surface area contributed by atoms with E-state index in [1.54, 1.807) is 6.08 Å². The molecule has 1 aliphatic carbocycles. The van der Waals surface area contributed by atoms with Crippen LogP contribution in [0.25, 0.3) is 10.8 Å². The molecule has 7 rings (SSSR count). The van der Waals surface area contributed by atoms with Crippen LogP contribution < -0.4 is 15.4 Å². The number of benzene rings is 3. The number of carbonyl (C=O) groups excluding carboxylic acids is 2. The molecule has 44 heavy (non-hydrogen) atoms. The highest BCUT2D eigenvalue weighted by Crippen LogP contribution is 2.50. The summed E-state index contributed by atoms with van der Waals surface area (Å²) in [6.45, 7) is 8.00. The number of allylic oxidation sites excluding steroid dienone is 1. The molecule has 3 aromatic rings. The Morgan fingerprint density at radius 1 is 0.955 bits per heavy atom. The number of carbonyl (C=O) groups is 2. The fourth-order valence-electron chi connectivity index (χ4n) is 6.99. The molecule has 1 amide bonds. The Kier molecular flexibility index (Phi) is 8.34. The molecular weight excluding hydrogens is 559 g/mol. The first-order chi connectivity index (χ1) is 21.6. The lowest BCUT2D eigenvalue weighted by atomic mass is 9.79. The molecule has 230 valence electrons. The van der Waals surface area contributed by atoms with Crippen LogP contribution in [0.3, 0.4) is 0 Å². The molecule has 0 radical (unpaired) electrons. The number of halogens is 1. The van der Waals surface area contributed by atoms with Gasteiger partial charge in [-0.2, -0.15) is 0 Å². The summed E-state index contributed by atoms with van der Waals surface area (Å²) in [7, 11) is 0. The van der Waals surface area contributed by atoms with Crippen LogP contribution in [0.15, 0.2) is 54.1 Å². The van der Waals surface area contributed by atoms with Gasteiger partial charge in [0.15, 0.2) is 17.3 Å². The van der Waals surface area contributed by atoms with E-state index in [4.69, 9.17) is 9.47 Å². The summed E-state index contributed by atoms with van der Waals surface area (Å²) in [6, 6.07) is 13.4. The molecule has 9 heteroatoms. The van der Waals surface area contributed by atoms with Gasteiger partial charge in [-0.15, -0.1) is 0 Å². The van der Waals surface area contributed by atoms with E-state index in [2.05, 4.69) is 26.5 Å². The molecule has 2 saturated heterocycles. The lowest BCUT2D eigenvalue weighted by Gasteiger charge is -2.27. The number of hydrogen-bond donors (Lipinski definition) is 2. The van der Waals surface area contributed by atoms with Crippen molar-refractivity contribution in [1.82, 2.24) is 15.1 Å². The molecule has 1 atom stereocenters. The first-order valence-electron chi connectivity index (χ1n) is 15.9. The summed E-state index contributed by atoms with van der Waals surface area (Å²) in [4.78, 5) is 31.9. The average molecular weight is 599 g/mol. The topological polar surface area (TPSA) is 83.1 Å². The first-order valence-corrected chi connectivity index (χ1v) is 15.9. The predicted octanol–water partition coefficient (Wildman–Crippen LogP) is 4.88. The molecule has 0 spiro atoms. The van der Waals surface area contributed by atoms with Crippen LogP contribution in [0.2, 0.25) is 0 Å². The van der Waals surface area contributed by atoms with Crippen molar-refractivity contribution in [1.29, 1.82) is 0 Å². The van der Waals surface area contributed by atoms with Crippen molar-refractivity contribution in [3.8, 4) is 11.5 Å². The Hall–Kier alpha value is -3.79. The highest BCUT2D eigenvalue weighted by molar-refractivity contribution is 6.27. The highest BCUT2D eigenvalue weighted by Gasteiger charge is 2.38. The number of nitrogens with one attached hydrogen (secondary N) is 2. The largest absolute Gasteiger partial charge is 0.454 e. The van der Waals surface area contributed by atoms with E-state index >= 15 is 4.39 Å². The Morgan fingerprint density at radius 2 is 1.75 bits per heavy atom. The van der Waals surface area contributed by atoms with Gasteiger partial charge >= 0.3 is 0 Å². The molecule has 3 heterocycles. The molecule has 2 fully saturated rings. The van der Waals surface area contributed by atoms with E-state index in [0.717, 1.165) is 75.2 Å². The van der Waals surface area contributed by atoms with Gasteiger partial charge in [-0.05, 0) is 62.3 Å². The summed E-state index contributed by atoms with van der Waals surface area (Å²) in [5, 5.41) is 8.21. The lowest BCUT2D eigenvalue weighted by molar-refractivity contribution is -0.117. The molecule has 0 saturated carbocycles. The quantitative estimate of drug-likeness (QED) is 0.268. The lowest BCUT2D eigenvalue weighted by Crippen LogP contribution is -2.38. The Balaban J connectivity index is 1.20. The van der Waals surface area contributed by atoms with Crippen molar-refractivity contribution in [2.45, 2.75) is 31.6 Å². The van der Waals surface area contributed by atoms with Crippen molar-refractivity contribution < 1.29 is 23.5 Å². The molecule has 4 aliphatic rings. The van der Waals surface area contributed by atoms with E-state index in [-0.39, 0.29) is 22.7 Å². The predicted molar refractivity (Wildman–Crippen MR) is 168 cm³/mol. The number of hydrogen-bond acceptors (Lipinski definition) is 7. The number of fused-ring (bicyclic) bond motifs is 3. The van der Waals surface area contributed by atoms with Gasteiger partial charge in [0.05, 0.1) is 18.8 Å². The fraction of sp³-hybridized carbons (Fsp3) is 0.429. The van der Waals surface area contributed by atoms with E-state index < -0.39 is 17.5 Å². The second-order valence-electron chi connectivity index (χ2n) is 12.2. The third-order valence-electron chi connectivity index (χ3n) is 9.32. The van der Waals surface area contributed by atoms with Crippen LogP contribution in [0.4, 0.5) is 10.1 Å². The summed E-state index contributed by atoms with van der Waals surface area (Å²) in [5.41, 5.74) is 2.13. The molecule has 2 N–H and O–H groups in total. The number of nitrogens with zero attached hydrogens (tertiary/aromatic N) is 2. The number of morpholine rings is 1. The number of rotatable bonds is 9. The van der Waals surface area contributed by atoms with Gasteiger partial charge in [0.25, 0.3) is 5.91 Å². The maximum absolute atomic E-state index is 16.0. The van der Waals surface area contributed by atoms with Crippen LogP contribution in [-0.2, 0) is 16.0 Å². The van der Waals surface area contributed by atoms with Gasteiger partial charge in [0, 0.05) is 55.2 Å². The fourth-order valence-corrected chi connectivity index (χ4v) is 6.99. The normalized spacial score (nSPS) is 20.0. The first kappa shape index (κ1) is 29.0. The SMILES string of the molecule is O=C(NCCCN1CCOCC1)C1=CC2Cc3ccc4ccccc4c3Oc3c(NCCN4CCCC4)c(F)cc(c32)C1=O. The van der Waals surface area contributed by atoms with Gasteiger partial charge in [0.1, 0.15) is 11.4 Å². The van der Waals surface area contributed by atoms with E-state index in [1.807, 2.05) is 30.3 Å². The maximum Gasteiger partial charge on any atom is 0.254 e. The van der Waals surface area contributed by atoms with E-state index in [0.29, 0.717) is 36.6 Å². The van der Waals surface area contributed by atoms with Crippen molar-refractivity contribution in [2.75, 3.05) is 70.9 Å². The Morgan fingerprint density at radius 3 is 2.59 bits per heavy atom. The number of amides is 1. The van der Waals surface area contributed by atoms with Gasteiger partial charge in [0.2, 0.25) is 0 Å². The minimum Gasteiger partial charge on any atom is -0.454 e. The summed E-state index contributed by atoms with van der Waals surface area (Å²) >= 11 is 0. The van der Waals surface area contributed by atoms with Crippen LogP contribution >= 0.6 is 0 Å². The Labute approximate surface area is 257 Å². The summed E-state index contributed by atoms with van der Waals surface area (Å²) in [6.07, 6.45) is 5.44. The highest BCUT2D eigenvalue weighted by atomic mass is 19.1. The van der Waals surface area contributed by atoms with Crippen molar-refractivity contribution in [3.05, 3.63) is 76.6 Å². The number of likely N-dealkylation sites (tertiary alicyclic amines) is 1. The van der Waals surface area contributed by atoms with Crippen LogP contribution in [-0.4, -0.2) is 87.1 Å². The zero-order valence-corrected chi connectivity index (χ0v) is 25.0. The Bertz CT molecular complexity index is 1610. The van der Waals surface area contributed by atoms with Crippen LogP contribution in [0.5, 0.6) is 11.5 Å². The minimum absolute atomic E-state index is 0.0678. The molecule has 1 unspecified atom stereocenters. The summed E-state index contributed by atoms with van der Waals surface area (Å²) < 4.78 is 28.1. The third kappa shape index (κ3) is 5.72. The number of ketones is 1. The molecule has 8 nitrogen and oxygen atoms in total. The monoisotopic (exact) mass is 598 g/mol. The minimum atomic E-state index is -0.553. The molecule has 0 aromatic heterocycles. The number of ether oxygens (including phenoxy) is 2. The van der Waals surface area contributed by atoms with Gasteiger partial charge in [-0.3, -0.25) is 14.5 Å². The van der Waals surface area contributed by atoms with Crippen LogP contribution in [0, 0.1) is 5.82 Å². The van der Waals surface area contributed by atoms with Gasteiger partial charge < -0.3 is 25.0 Å². The van der Waals surface area contributed by atoms with E-state index in [1.165, 1.54) is 18.9 Å². The maximum atomic E-state index is 16.0. The smallest absolute Gasteiger partial charge is 0.254 e. The molecule has 3 aliphatic heterocycles. The van der Waals surface area contributed by atoms with Crippen LogP contribution in [0.1, 0.15) is 46.7 Å². The molecule has 0 bridgehead atoms. The second-order valence-corrected chi connectivity index (χ2v) is 12.2. The molecular formula is C35H39FN4O4. The molecule has 3 aromatic carbocycles. The summed E-state index contributed by atoms with van der Waals surface area (Å²) in [5.74, 6) is -0.748. The van der Waals surface area contributed by atoms with Crippen molar-refractivity contribution in [3.63, 3.8) is 0 Å². The average Bonchev–Trinajstić information content (AvgIpc) is 3.50. The zero-order chi connectivity index (χ0) is 30.0. The van der Waals surface area contributed by atoms with E-state index in [9.17, 15) is 9.59 Å².